The molecule has 0 bridgehead atoms. The lowest BCUT2D eigenvalue weighted by molar-refractivity contribution is -0.154. The molecule has 2 aromatic carbocycles. The predicted octanol–water partition coefficient (Wildman–Crippen LogP) is 3.44. The maximum Gasteiger partial charge on any atom is 0.337 e. The second-order valence-electron chi connectivity index (χ2n) is 5.14. The van der Waals surface area contributed by atoms with Crippen LogP contribution in [0.4, 0.5) is 5.69 Å². The Labute approximate surface area is 141 Å². The normalized spacial score (nSPS) is 13.2. The van der Waals surface area contributed by atoms with Gasteiger partial charge in [0.05, 0.1) is 12.6 Å². The molecule has 0 saturated carbocycles. The van der Waals surface area contributed by atoms with E-state index in [9.17, 15) is 9.90 Å². The highest BCUT2D eigenvalue weighted by Crippen LogP contribution is 2.29. The monoisotopic (exact) mass is 333 g/mol. The molecule has 0 aliphatic heterocycles. The van der Waals surface area contributed by atoms with Crippen LogP contribution in [0.25, 0.3) is 0 Å². The summed E-state index contributed by atoms with van der Waals surface area (Å²) in [6.07, 6.45) is -1.29. The molecule has 0 radical (unpaired) electrons. The van der Waals surface area contributed by atoms with Crippen LogP contribution in [0.15, 0.2) is 54.6 Å². The first-order valence-electron chi connectivity index (χ1n) is 7.42. The number of ether oxygens (including phenoxy) is 1. The number of hydrogen-bond acceptors (Lipinski definition) is 4. The van der Waals surface area contributed by atoms with Crippen molar-refractivity contribution in [2.45, 2.75) is 19.1 Å². The molecule has 23 heavy (non-hydrogen) atoms. The fraction of sp³-hybridized carbons (Fsp3) is 0.278. The van der Waals surface area contributed by atoms with Gasteiger partial charge in [-0.15, -0.1) is 0 Å². The molecule has 5 heteroatoms. The summed E-state index contributed by atoms with van der Waals surface area (Å²) < 4.78 is 4.97. The summed E-state index contributed by atoms with van der Waals surface area (Å²) in [5, 5.41) is 11.1. The third-order valence-electron chi connectivity index (χ3n) is 3.62. The van der Waals surface area contributed by atoms with Crippen LogP contribution in [0, 0.1) is 0 Å². The van der Waals surface area contributed by atoms with Gasteiger partial charge < -0.3 is 14.7 Å². The van der Waals surface area contributed by atoms with Gasteiger partial charge in [-0.25, -0.2) is 4.79 Å². The lowest BCUT2D eigenvalue weighted by atomic mass is 9.99. The molecule has 0 spiro atoms. The van der Waals surface area contributed by atoms with Crippen LogP contribution in [0.5, 0.6) is 0 Å². The van der Waals surface area contributed by atoms with E-state index in [1.165, 1.54) is 0 Å². The average Bonchev–Trinajstić information content (AvgIpc) is 2.56. The van der Waals surface area contributed by atoms with Gasteiger partial charge in [0.15, 0.2) is 6.10 Å². The Morgan fingerprint density at radius 3 is 2.35 bits per heavy atom. The number of likely N-dealkylation sites (N-methyl/N-ethyl adjacent to an activating group) is 1. The van der Waals surface area contributed by atoms with Gasteiger partial charge in [-0.05, 0) is 36.8 Å². The second kappa shape index (κ2) is 7.99. The van der Waals surface area contributed by atoms with E-state index in [0.717, 1.165) is 11.3 Å². The number of aliphatic hydroxyl groups excluding tert-OH is 1. The fourth-order valence-electron chi connectivity index (χ4n) is 2.46. The topological polar surface area (TPSA) is 49.8 Å². The van der Waals surface area contributed by atoms with E-state index in [0.29, 0.717) is 5.02 Å². The summed E-state index contributed by atoms with van der Waals surface area (Å²) >= 11 is 5.93. The second-order valence-corrected chi connectivity index (χ2v) is 5.58. The maximum atomic E-state index is 12.0. The van der Waals surface area contributed by atoms with Crippen molar-refractivity contribution in [2.75, 3.05) is 18.6 Å². The van der Waals surface area contributed by atoms with E-state index >= 15 is 0 Å². The number of hydrogen-bond donors (Lipinski definition) is 1. The first-order chi connectivity index (χ1) is 11.0. The van der Waals surface area contributed by atoms with Crippen molar-refractivity contribution in [1.29, 1.82) is 0 Å². The Balaban J connectivity index is 2.36. The van der Waals surface area contributed by atoms with Crippen LogP contribution >= 0.6 is 11.6 Å². The zero-order valence-electron chi connectivity index (χ0n) is 13.1. The van der Waals surface area contributed by atoms with Gasteiger partial charge in [0, 0.05) is 17.8 Å². The number of esters is 1. The number of carbonyl (C=O) groups excluding carboxylic acids is 1. The maximum absolute atomic E-state index is 12.0. The van der Waals surface area contributed by atoms with E-state index in [1.807, 2.05) is 54.4 Å². The molecular formula is C18H20ClNO3. The van der Waals surface area contributed by atoms with Crippen LogP contribution in [-0.2, 0) is 9.53 Å². The van der Waals surface area contributed by atoms with Crippen LogP contribution < -0.4 is 4.90 Å². The van der Waals surface area contributed by atoms with Gasteiger partial charge in [-0.1, -0.05) is 41.9 Å². The molecule has 0 aromatic heterocycles. The minimum Gasteiger partial charge on any atom is -0.464 e. The number of carbonyl (C=O) groups is 1. The van der Waals surface area contributed by atoms with Gasteiger partial charge >= 0.3 is 5.97 Å². The molecule has 0 aliphatic rings. The molecular weight excluding hydrogens is 314 g/mol. The zero-order valence-corrected chi connectivity index (χ0v) is 13.9. The summed E-state index contributed by atoms with van der Waals surface area (Å²) in [6, 6.07) is 16.0. The summed E-state index contributed by atoms with van der Waals surface area (Å²) in [5.41, 5.74) is 1.66. The molecule has 0 fully saturated rings. The van der Waals surface area contributed by atoms with E-state index in [1.54, 1.807) is 19.1 Å². The molecule has 2 rings (SSSR count). The van der Waals surface area contributed by atoms with Crippen molar-refractivity contribution in [3.63, 3.8) is 0 Å². The largest absolute Gasteiger partial charge is 0.464 e. The lowest BCUT2D eigenvalue weighted by Crippen LogP contribution is -2.39. The van der Waals surface area contributed by atoms with Gasteiger partial charge in [0.2, 0.25) is 0 Å². The third kappa shape index (κ3) is 4.24. The number of rotatable bonds is 6. The van der Waals surface area contributed by atoms with Crippen molar-refractivity contribution in [1.82, 2.24) is 0 Å². The van der Waals surface area contributed by atoms with Gasteiger partial charge in [-0.3, -0.25) is 0 Å². The Morgan fingerprint density at radius 1 is 1.17 bits per heavy atom. The molecule has 122 valence electrons. The van der Waals surface area contributed by atoms with Crippen molar-refractivity contribution < 1.29 is 14.6 Å². The van der Waals surface area contributed by atoms with E-state index in [-0.39, 0.29) is 6.61 Å². The summed E-state index contributed by atoms with van der Waals surface area (Å²) in [7, 11) is 1.82. The van der Waals surface area contributed by atoms with Crippen molar-refractivity contribution in [2.24, 2.45) is 0 Å². The minimum absolute atomic E-state index is 0.224. The van der Waals surface area contributed by atoms with Gasteiger partial charge in [0.1, 0.15) is 0 Å². The standard InChI is InChI=1S/C18H20ClNO3/c1-3-23-18(22)17(21)16(13-7-5-4-6-8-13)20(2)15-11-9-14(19)10-12-15/h4-12,16-17,21H,3H2,1-2H3. The minimum atomic E-state index is -1.29. The molecule has 4 nitrogen and oxygen atoms in total. The van der Waals surface area contributed by atoms with E-state index in [2.05, 4.69) is 0 Å². The predicted molar refractivity (Wildman–Crippen MR) is 91.7 cm³/mol. The molecule has 1 N–H and O–H groups in total. The van der Waals surface area contributed by atoms with Crippen molar-refractivity contribution in [3.8, 4) is 0 Å². The highest BCUT2D eigenvalue weighted by Gasteiger charge is 2.32. The summed E-state index contributed by atoms with van der Waals surface area (Å²) in [4.78, 5) is 13.9. The SMILES string of the molecule is CCOC(=O)C(O)C(c1ccccc1)N(C)c1ccc(Cl)cc1. The van der Waals surface area contributed by atoms with E-state index < -0.39 is 18.1 Å². The third-order valence-corrected chi connectivity index (χ3v) is 3.87. The number of aliphatic hydroxyl groups is 1. The highest BCUT2D eigenvalue weighted by molar-refractivity contribution is 6.30. The first-order valence-corrected chi connectivity index (χ1v) is 7.80. The molecule has 0 heterocycles. The molecule has 2 aromatic rings. The quantitative estimate of drug-likeness (QED) is 0.823. The average molecular weight is 334 g/mol. The zero-order chi connectivity index (χ0) is 16.8. The van der Waals surface area contributed by atoms with E-state index in [4.69, 9.17) is 16.3 Å². The molecule has 2 atom stereocenters. The number of halogens is 1. The Morgan fingerprint density at radius 2 is 1.78 bits per heavy atom. The van der Waals surface area contributed by atoms with Crippen molar-refractivity contribution >= 4 is 23.3 Å². The molecule has 0 amide bonds. The molecule has 0 aliphatic carbocycles. The van der Waals surface area contributed by atoms with Crippen LogP contribution in [0.2, 0.25) is 5.02 Å². The van der Waals surface area contributed by atoms with Crippen LogP contribution in [0.3, 0.4) is 0 Å². The lowest BCUT2D eigenvalue weighted by Gasteiger charge is -2.33. The summed E-state index contributed by atoms with van der Waals surface area (Å²) in [5.74, 6) is -0.637. The molecule has 2 unspecified atom stereocenters. The number of anilines is 1. The van der Waals surface area contributed by atoms with Crippen molar-refractivity contribution in [3.05, 3.63) is 65.2 Å². The van der Waals surface area contributed by atoms with Gasteiger partial charge in [0.25, 0.3) is 0 Å². The Bertz CT molecular complexity index is 630. The Hall–Kier alpha value is -2.04. The summed E-state index contributed by atoms with van der Waals surface area (Å²) in [6.45, 7) is 1.94. The molecule has 0 saturated heterocycles. The number of nitrogens with zero attached hydrogens (tertiary/aromatic N) is 1. The highest BCUT2D eigenvalue weighted by atomic mass is 35.5. The van der Waals surface area contributed by atoms with Crippen LogP contribution in [-0.4, -0.2) is 30.8 Å². The van der Waals surface area contributed by atoms with Gasteiger partial charge in [-0.2, -0.15) is 0 Å². The Kier molecular flexibility index (Phi) is 6.02. The van der Waals surface area contributed by atoms with Crippen LogP contribution in [0.1, 0.15) is 18.5 Å². The smallest absolute Gasteiger partial charge is 0.337 e. The fourth-order valence-corrected chi connectivity index (χ4v) is 2.59. The first kappa shape index (κ1) is 17.3. The number of benzene rings is 2.